The maximum Gasteiger partial charge on any atom is 0.373 e. The van der Waals surface area contributed by atoms with Crippen LogP contribution in [0.2, 0.25) is 6.82 Å². The van der Waals surface area contributed by atoms with E-state index in [2.05, 4.69) is 5.23 Å². The molecule has 0 aromatic carbocycles. The highest BCUT2D eigenvalue weighted by Crippen LogP contribution is 1.79. The van der Waals surface area contributed by atoms with Crippen LogP contribution in [0, 0.1) is 0 Å². The third-order valence-electron chi connectivity index (χ3n) is 0.918. The predicted octanol–water partition coefficient (Wildman–Crippen LogP) is -1.96. The molecule has 5 heteroatoms. The highest BCUT2D eigenvalue weighted by Gasteiger charge is 2.09. The van der Waals surface area contributed by atoms with Gasteiger partial charge in [0.05, 0.1) is 13.2 Å². The minimum atomic E-state index is -0.686. The van der Waals surface area contributed by atoms with Crippen LogP contribution in [0.1, 0.15) is 0 Å². The molecule has 0 atom stereocenters. The Kier molecular flexibility index (Phi) is 4.70. The number of nitrogens with one attached hydrogen (secondary N) is 1. The molecule has 4 N–H and O–H groups in total. The monoisotopic (exact) mass is 133 g/mol. The summed E-state index contributed by atoms with van der Waals surface area (Å²) in [6, 6.07) is -0.412. The molecular weight excluding hydrogens is 121 g/mol. The number of aliphatic hydroxyl groups excluding tert-OH is 2. The summed E-state index contributed by atoms with van der Waals surface area (Å²) in [5, 5.41) is 28.1. The molecule has 9 heavy (non-hydrogen) atoms. The first-order valence-electron chi connectivity index (χ1n) is 2.86. The van der Waals surface area contributed by atoms with Crippen molar-refractivity contribution in [2.45, 2.75) is 12.9 Å². The van der Waals surface area contributed by atoms with Crippen LogP contribution in [-0.2, 0) is 0 Å². The summed E-state index contributed by atoms with van der Waals surface area (Å²) in [5.74, 6) is 0. The molecule has 0 aromatic rings. The van der Waals surface area contributed by atoms with Gasteiger partial charge in [-0.1, -0.05) is 0 Å². The van der Waals surface area contributed by atoms with Crippen LogP contribution in [0.15, 0.2) is 0 Å². The lowest BCUT2D eigenvalue weighted by molar-refractivity contribution is 0.182. The highest BCUT2D eigenvalue weighted by molar-refractivity contribution is 6.45. The van der Waals surface area contributed by atoms with Gasteiger partial charge in [-0.2, -0.15) is 0 Å². The molecule has 0 rings (SSSR count). The van der Waals surface area contributed by atoms with Gasteiger partial charge in [-0.3, -0.25) is 0 Å². The second-order valence-electron chi connectivity index (χ2n) is 1.90. The Hall–Kier alpha value is -0.0951. The zero-order valence-corrected chi connectivity index (χ0v) is 5.41. The number of hydrogen-bond acceptors (Lipinski definition) is 4. The standard InChI is InChI=1S/C4H12BNO3/c1-5(9)6-4(2-7)3-8/h4,6-9H,2-3H2,1H3. The Bertz CT molecular complexity index is 66.8. The van der Waals surface area contributed by atoms with Crippen molar-refractivity contribution >= 4 is 7.05 Å². The van der Waals surface area contributed by atoms with Crippen molar-refractivity contribution in [3.8, 4) is 0 Å². The van der Waals surface area contributed by atoms with Gasteiger partial charge in [-0.15, -0.1) is 0 Å². The van der Waals surface area contributed by atoms with E-state index in [1.807, 2.05) is 0 Å². The molecule has 0 saturated heterocycles. The molecule has 0 spiro atoms. The van der Waals surface area contributed by atoms with E-state index < -0.39 is 13.1 Å². The fourth-order valence-corrected chi connectivity index (χ4v) is 0.504. The van der Waals surface area contributed by atoms with Gasteiger partial charge in [0.2, 0.25) is 0 Å². The van der Waals surface area contributed by atoms with Crippen LogP contribution >= 0.6 is 0 Å². The summed E-state index contributed by atoms with van der Waals surface area (Å²) >= 11 is 0. The Morgan fingerprint density at radius 2 is 1.89 bits per heavy atom. The minimum absolute atomic E-state index is 0.165. The van der Waals surface area contributed by atoms with E-state index in [4.69, 9.17) is 15.2 Å². The van der Waals surface area contributed by atoms with E-state index in [0.717, 1.165) is 0 Å². The summed E-state index contributed by atoms with van der Waals surface area (Å²) in [5.41, 5.74) is 0. The quantitative estimate of drug-likeness (QED) is 0.336. The van der Waals surface area contributed by atoms with Gasteiger partial charge >= 0.3 is 7.05 Å². The predicted molar refractivity (Wildman–Crippen MR) is 34.9 cm³/mol. The Balaban J connectivity index is 3.31. The van der Waals surface area contributed by atoms with Crippen molar-refractivity contribution in [2.24, 2.45) is 0 Å². The zero-order chi connectivity index (χ0) is 7.28. The molecule has 0 saturated carbocycles. The van der Waals surface area contributed by atoms with Crippen LogP contribution in [0.4, 0.5) is 0 Å². The number of aliphatic hydroxyl groups is 2. The lowest BCUT2D eigenvalue weighted by Gasteiger charge is -2.12. The van der Waals surface area contributed by atoms with Crippen LogP contribution in [0.3, 0.4) is 0 Å². The maximum atomic E-state index is 8.65. The maximum absolute atomic E-state index is 8.65. The lowest BCUT2D eigenvalue weighted by atomic mass is 9.87. The molecule has 0 bridgehead atoms. The topological polar surface area (TPSA) is 72.7 Å². The first-order valence-corrected chi connectivity index (χ1v) is 2.86. The largest absolute Gasteiger partial charge is 0.437 e. The Morgan fingerprint density at radius 3 is 2.00 bits per heavy atom. The van der Waals surface area contributed by atoms with Gasteiger partial charge in [0.1, 0.15) is 0 Å². The van der Waals surface area contributed by atoms with Crippen molar-refractivity contribution < 1.29 is 15.2 Å². The summed E-state index contributed by atoms with van der Waals surface area (Å²) < 4.78 is 0. The number of rotatable bonds is 4. The van der Waals surface area contributed by atoms with Crippen LogP contribution in [-0.4, -0.2) is 41.5 Å². The molecule has 54 valence electrons. The third-order valence-corrected chi connectivity index (χ3v) is 0.918. The smallest absolute Gasteiger partial charge is 0.373 e. The molecule has 0 aromatic heterocycles. The fraction of sp³-hybridized carbons (Fsp3) is 1.00. The van der Waals surface area contributed by atoms with E-state index in [-0.39, 0.29) is 13.2 Å². The second-order valence-corrected chi connectivity index (χ2v) is 1.90. The second kappa shape index (κ2) is 4.75. The van der Waals surface area contributed by atoms with Crippen molar-refractivity contribution in [3.05, 3.63) is 0 Å². The van der Waals surface area contributed by atoms with Gasteiger partial charge in [0.15, 0.2) is 0 Å². The summed E-state index contributed by atoms with van der Waals surface area (Å²) in [6.07, 6.45) is 0. The lowest BCUT2D eigenvalue weighted by Crippen LogP contribution is -2.44. The third kappa shape index (κ3) is 4.41. The molecule has 0 fully saturated rings. The van der Waals surface area contributed by atoms with E-state index >= 15 is 0 Å². The van der Waals surface area contributed by atoms with Crippen LogP contribution in [0.25, 0.3) is 0 Å². The van der Waals surface area contributed by atoms with Gasteiger partial charge in [0, 0.05) is 6.04 Å². The van der Waals surface area contributed by atoms with Gasteiger partial charge in [0.25, 0.3) is 0 Å². The van der Waals surface area contributed by atoms with Crippen molar-refractivity contribution in [2.75, 3.05) is 13.2 Å². The molecule has 4 nitrogen and oxygen atoms in total. The van der Waals surface area contributed by atoms with Gasteiger partial charge in [-0.25, -0.2) is 0 Å². The van der Waals surface area contributed by atoms with Gasteiger partial charge < -0.3 is 20.5 Å². The van der Waals surface area contributed by atoms with Crippen LogP contribution in [0.5, 0.6) is 0 Å². The molecule has 0 radical (unpaired) electrons. The molecule has 0 aliphatic heterocycles. The van der Waals surface area contributed by atoms with Crippen molar-refractivity contribution in [1.29, 1.82) is 0 Å². The first-order chi connectivity index (χ1) is 4.20. The fourth-order valence-electron chi connectivity index (χ4n) is 0.504. The average Bonchev–Trinajstić information content (AvgIpc) is 1.82. The molecular formula is C4H12BNO3. The van der Waals surface area contributed by atoms with E-state index in [1.165, 1.54) is 6.82 Å². The SMILES string of the molecule is CB(O)NC(CO)CO. The van der Waals surface area contributed by atoms with Crippen molar-refractivity contribution in [3.63, 3.8) is 0 Å². The first kappa shape index (κ1) is 8.90. The summed E-state index contributed by atoms with van der Waals surface area (Å²) in [4.78, 5) is 0. The minimum Gasteiger partial charge on any atom is -0.437 e. The van der Waals surface area contributed by atoms with E-state index in [1.54, 1.807) is 0 Å². The van der Waals surface area contributed by atoms with Gasteiger partial charge in [-0.05, 0) is 6.82 Å². The number of hydrogen-bond donors (Lipinski definition) is 4. The summed E-state index contributed by atoms with van der Waals surface area (Å²) in [6.45, 7) is 1.20. The normalized spacial score (nSPS) is 10.3. The average molecular weight is 133 g/mol. The van der Waals surface area contributed by atoms with E-state index in [0.29, 0.717) is 0 Å². The van der Waals surface area contributed by atoms with E-state index in [9.17, 15) is 0 Å². The van der Waals surface area contributed by atoms with Crippen LogP contribution < -0.4 is 5.23 Å². The Labute approximate surface area is 54.6 Å². The molecule has 0 heterocycles. The summed E-state index contributed by atoms with van der Waals surface area (Å²) in [7, 11) is -0.686. The zero-order valence-electron chi connectivity index (χ0n) is 5.41. The highest BCUT2D eigenvalue weighted by atomic mass is 16.3. The van der Waals surface area contributed by atoms with Crippen molar-refractivity contribution in [1.82, 2.24) is 5.23 Å². The Morgan fingerprint density at radius 1 is 1.44 bits per heavy atom. The molecule has 0 unspecified atom stereocenters. The molecule has 0 aliphatic rings. The molecule has 0 amide bonds. The molecule has 0 aliphatic carbocycles.